The Morgan fingerprint density at radius 1 is 0.926 bits per heavy atom. The number of hydrogen-bond acceptors (Lipinski definition) is 3. The zero-order valence-electron chi connectivity index (χ0n) is 14.3. The SMILES string of the molecule is Cc1cc(C)cc(N2C(=O)NC(=O)/C(=C/c3cc(Cl)cc(Cl)c3Cl)C2=O)c1. The maximum Gasteiger partial charge on any atom is 0.335 e. The molecule has 2 aromatic carbocycles. The van der Waals surface area contributed by atoms with Crippen LogP contribution in [0.3, 0.4) is 0 Å². The molecule has 1 saturated heterocycles. The molecule has 0 aliphatic carbocycles. The number of anilines is 1. The molecule has 0 bridgehead atoms. The van der Waals surface area contributed by atoms with E-state index in [0.717, 1.165) is 16.0 Å². The molecule has 0 unspecified atom stereocenters. The number of hydrogen-bond donors (Lipinski definition) is 1. The van der Waals surface area contributed by atoms with E-state index < -0.39 is 17.8 Å². The van der Waals surface area contributed by atoms with Crippen LogP contribution in [0.25, 0.3) is 6.08 Å². The number of benzene rings is 2. The van der Waals surface area contributed by atoms with Gasteiger partial charge in [-0.1, -0.05) is 40.9 Å². The third kappa shape index (κ3) is 3.86. The average Bonchev–Trinajstić information content (AvgIpc) is 2.54. The Balaban J connectivity index is 2.10. The van der Waals surface area contributed by atoms with Crippen LogP contribution in [-0.4, -0.2) is 17.8 Å². The van der Waals surface area contributed by atoms with Crippen LogP contribution >= 0.6 is 34.8 Å². The summed E-state index contributed by atoms with van der Waals surface area (Å²) in [7, 11) is 0. The summed E-state index contributed by atoms with van der Waals surface area (Å²) >= 11 is 18.1. The van der Waals surface area contributed by atoms with E-state index in [9.17, 15) is 14.4 Å². The number of carbonyl (C=O) groups excluding carboxylic acids is 3. The number of imide groups is 2. The van der Waals surface area contributed by atoms with Gasteiger partial charge in [0.1, 0.15) is 5.57 Å². The van der Waals surface area contributed by atoms with Crippen LogP contribution in [0.1, 0.15) is 16.7 Å². The third-order valence-electron chi connectivity index (χ3n) is 3.89. The number of rotatable bonds is 2. The summed E-state index contributed by atoms with van der Waals surface area (Å²) in [5, 5.41) is 2.78. The van der Waals surface area contributed by atoms with Crippen molar-refractivity contribution in [2.75, 3.05) is 4.90 Å². The third-order valence-corrected chi connectivity index (χ3v) is 4.92. The first-order chi connectivity index (χ1) is 12.7. The van der Waals surface area contributed by atoms with Crippen molar-refractivity contribution >= 4 is 64.4 Å². The van der Waals surface area contributed by atoms with Crippen LogP contribution in [0, 0.1) is 13.8 Å². The summed E-state index contributed by atoms with van der Waals surface area (Å²) < 4.78 is 0. The standard InChI is InChI=1S/C19H13Cl3N2O3/c1-9-3-10(2)5-13(4-9)24-18(26)14(17(25)23-19(24)27)7-11-6-12(20)8-15(21)16(11)22/h3-8H,1-2H3,(H,23,25,27)/b14-7-. The molecule has 1 aliphatic rings. The van der Waals surface area contributed by atoms with Crippen LogP contribution < -0.4 is 10.2 Å². The molecule has 8 heteroatoms. The minimum atomic E-state index is -0.821. The largest absolute Gasteiger partial charge is 0.335 e. The van der Waals surface area contributed by atoms with Crippen molar-refractivity contribution in [2.45, 2.75) is 13.8 Å². The molecule has 2 aromatic rings. The fourth-order valence-electron chi connectivity index (χ4n) is 2.81. The van der Waals surface area contributed by atoms with Gasteiger partial charge in [-0.05, 0) is 60.9 Å². The molecule has 1 fully saturated rings. The zero-order valence-corrected chi connectivity index (χ0v) is 16.5. The average molecular weight is 424 g/mol. The summed E-state index contributed by atoms with van der Waals surface area (Å²) in [5.74, 6) is -1.58. The van der Waals surface area contributed by atoms with Crippen LogP contribution in [0.5, 0.6) is 0 Å². The number of nitrogens with one attached hydrogen (secondary N) is 1. The van der Waals surface area contributed by atoms with Crippen LogP contribution in [0.15, 0.2) is 35.9 Å². The van der Waals surface area contributed by atoms with Crippen molar-refractivity contribution < 1.29 is 14.4 Å². The first-order valence-corrected chi connectivity index (χ1v) is 8.95. The molecule has 1 heterocycles. The van der Waals surface area contributed by atoms with E-state index in [1.54, 1.807) is 12.1 Å². The fourth-order valence-corrected chi connectivity index (χ4v) is 3.48. The zero-order chi connectivity index (χ0) is 19.9. The Bertz CT molecular complexity index is 1010. The van der Waals surface area contributed by atoms with Crippen LogP contribution in [0.2, 0.25) is 15.1 Å². The van der Waals surface area contributed by atoms with Gasteiger partial charge in [0, 0.05) is 5.02 Å². The fraction of sp³-hybridized carbons (Fsp3) is 0.105. The second-order valence-electron chi connectivity index (χ2n) is 6.09. The highest BCUT2D eigenvalue weighted by Gasteiger charge is 2.37. The van der Waals surface area contributed by atoms with E-state index >= 15 is 0 Å². The minimum absolute atomic E-state index is 0.143. The van der Waals surface area contributed by atoms with Gasteiger partial charge in [-0.2, -0.15) is 0 Å². The smallest absolute Gasteiger partial charge is 0.273 e. The van der Waals surface area contributed by atoms with Crippen LogP contribution in [0.4, 0.5) is 10.5 Å². The molecular weight excluding hydrogens is 411 g/mol. The topological polar surface area (TPSA) is 66.5 Å². The van der Waals surface area contributed by atoms with Gasteiger partial charge in [0.05, 0.1) is 15.7 Å². The van der Waals surface area contributed by atoms with E-state index in [0.29, 0.717) is 16.3 Å². The number of carbonyl (C=O) groups is 3. The summed E-state index contributed by atoms with van der Waals surface area (Å²) in [6.07, 6.45) is 1.26. The Hall–Kier alpha value is -2.34. The molecule has 138 valence electrons. The molecule has 0 aromatic heterocycles. The summed E-state index contributed by atoms with van der Waals surface area (Å²) in [5.41, 5.74) is 2.15. The Kier molecular flexibility index (Phi) is 5.29. The van der Waals surface area contributed by atoms with Crippen LogP contribution in [-0.2, 0) is 9.59 Å². The predicted octanol–water partition coefficient (Wildman–Crippen LogP) is 4.93. The lowest BCUT2D eigenvalue weighted by Gasteiger charge is -2.27. The number of barbiturate groups is 1. The van der Waals surface area contributed by atoms with Gasteiger partial charge < -0.3 is 0 Å². The van der Waals surface area contributed by atoms with E-state index in [1.165, 1.54) is 18.2 Å². The Labute approximate surface area is 170 Å². The first kappa shape index (κ1) is 19.4. The molecule has 27 heavy (non-hydrogen) atoms. The maximum absolute atomic E-state index is 12.9. The van der Waals surface area contributed by atoms with E-state index in [-0.39, 0.29) is 15.6 Å². The number of halogens is 3. The van der Waals surface area contributed by atoms with Crippen molar-refractivity contribution in [3.05, 3.63) is 67.7 Å². The van der Waals surface area contributed by atoms with Crippen molar-refractivity contribution in [3.63, 3.8) is 0 Å². The predicted molar refractivity (Wildman–Crippen MR) is 106 cm³/mol. The second-order valence-corrected chi connectivity index (χ2v) is 7.32. The summed E-state index contributed by atoms with van der Waals surface area (Å²) in [6.45, 7) is 3.69. The number of aryl methyl sites for hydroxylation is 2. The molecule has 1 N–H and O–H groups in total. The maximum atomic E-state index is 12.9. The summed E-state index contributed by atoms with van der Waals surface area (Å²) in [4.78, 5) is 38.4. The lowest BCUT2D eigenvalue weighted by atomic mass is 10.1. The van der Waals surface area contributed by atoms with Crippen molar-refractivity contribution in [1.82, 2.24) is 5.32 Å². The molecule has 3 rings (SSSR count). The highest BCUT2D eigenvalue weighted by atomic mass is 35.5. The minimum Gasteiger partial charge on any atom is -0.273 e. The highest BCUT2D eigenvalue weighted by Crippen LogP contribution is 2.32. The van der Waals surface area contributed by atoms with Crippen molar-refractivity contribution in [1.29, 1.82) is 0 Å². The van der Waals surface area contributed by atoms with Gasteiger partial charge in [-0.15, -0.1) is 0 Å². The normalized spacial score (nSPS) is 16.1. The lowest BCUT2D eigenvalue weighted by molar-refractivity contribution is -0.122. The van der Waals surface area contributed by atoms with Crippen molar-refractivity contribution in [3.8, 4) is 0 Å². The second kappa shape index (κ2) is 7.35. The molecular formula is C19H13Cl3N2O3. The van der Waals surface area contributed by atoms with Gasteiger partial charge in [-0.25, -0.2) is 9.69 Å². The Morgan fingerprint density at radius 3 is 2.19 bits per heavy atom. The molecule has 1 aliphatic heterocycles. The molecule has 0 atom stereocenters. The number of urea groups is 1. The molecule has 0 radical (unpaired) electrons. The quantitative estimate of drug-likeness (QED) is 0.423. The highest BCUT2D eigenvalue weighted by molar-refractivity contribution is 6.45. The number of amides is 4. The number of nitrogens with zero attached hydrogens (tertiary/aromatic N) is 1. The van der Waals surface area contributed by atoms with E-state index in [1.807, 2.05) is 19.9 Å². The van der Waals surface area contributed by atoms with E-state index in [4.69, 9.17) is 34.8 Å². The monoisotopic (exact) mass is 422 g/mol. The lowest BCUT2D eigenvalue weighted by Crippen LogP contribution is -2.54. The van der Waals surface area contributed by atoms with Gasteiger partial charge in [-0.3, -0.25) is 14.9 Å². The molecule has 0 spiro atoms. The summed E-state index contributed by atoms with van der Waals surface area (Å²) in [6, 6.07) is 7.37. The van der Waals surface area contributed by atoms with Gasteiger partial charge >= 0.3 is 6.03 Å². The molecule has 4 amide bonds. The van der Waals surface area contributed by atoms with Crippen molar-refractivity contribution in [2.24, 2.45) is 0 Å². The molecule has 5 nitrogen and oxygen atoms in total. The Morgan fingerprint density at radius 2 is 1.56 bits per heavy atom. The molecule has 0 saturated carbocycles. The first-order valence-electron chi connectivity index (χ1n) is 7.81. The van der Waals surface area contributed by atoms with Gasteiger partial charge in [0.25, 0.3) is 11.8 Å². The van der Waals surface area contributed by atoms with Gasteiger partial charge in [0.2, 0.25) is 0 Å². The van der Waals surface area contributed by atoms with E-state index in [2.05, 4.69) is 5.32 Å². The van der Waals surface area contributed by atoms with Gasteiger partial charge in [0.15, 0.2) is 0 Å².